The molecule has 0 spiro atoms. The van der Waals surface area contributed by atoms with Gasteiger partial charge in [-0.2, -0.15) is 0 Å². The Bertz CT molecular complexity index is 653. The summed E-state index contributed by atoms with van der Waals surface area (Å²) in [6, 6.07) is 17.8. The largest absolute Gasteiger partial charge is 0.478 e. The van der Waals surface area contributed by atoms with Gasteiger partial charge in [-0.05, 0) is 24.3 Å². The van der Waals surface area contributed by atoms with Gasteiger partial charge in [0.25, 0.3) is 0 Å². The molecule has 20 heavy (non-hydrogen) atoms. The monoisotopic (exact) mass is 270 g/mol. The molecule has 0 aliphatic heterocycles. The van der Waals surface area contributed by atoms with Crippen LogP contribution >= 0.6 is 0 Å². The van der Waals surface area contributed by atoms with Crippen molar-refractivity contribution in [3.05, 3.63) is 72.0 Å². The zero-order chi connectivity index (χ0) is 14.4. The number of hydrogen-bond donors (Lipinski definition) is 2. The molecule has 0 atom stereocenters. The Kier molecular flexibility index (Phi) is 4.52. The number of carbonyl (C=O) groups is 1. The van der Waals surface area contributed by atoms with Gasteiger partial charge >= 0.3 is 5.97 Å². The van der Waals surface area contributed by atoms with Crippen LogP contribution in [0.4, 0.5) is 0 Å². The highest BCUT2D eigenvalue weighted by Crippen LogP contribution is 2.18. The van der Waals surface area contributed by atoms with Crippen molar-refractivity contribution in [2.75, 3.05) is 0 Å². The number of benzene rings is 2. The van der Waals surface area contributed by atoms with Gasteiger partial charge in [-0.1, -0.05) is 36.4 Å². The zero-order valence-electron chi connectivity index (χ0n) is 10.7. The smallest absolute Gasteiger partial charge is 0.335 e. The molecular formula is C16H14O4. The number of hydrogen-bond acceptors (Lipinski definition) is 3. The van der Waals surface area contributed by atoms with Gasteiger partial charge in [0.2, 0.25) is 0 Å². The van der Waals surface area contributed by atoms with Crippen LogP contribution in [0.3, 0.4) is 0 Å². The maximum Gasteiger partial charge on any atom is 0.335 e. The lowest BCUT2D eigenvalue weighted by Gasteiger charge is -1.88. The van der Waals surface area contributed by atoms with Crippen molar-refractivity contribution < 1.29 is 19.4 Å². The van der Waals surface area contributed by atoms with Gasteiger partial charge in [0.05, 0.1) is 5.56 Å². The normalized spacial score (nSPS) is 9.85. The van der Waals surface area contributed by atoms with E-state index in [9.17, 15) is 4.79 Å². The first-order chi connectivity index (χ1) is 9.70. The quantitative estimate of drug-likeness (QED) is 0.749. The molecule has 2 N–H and O–H groups in total. The molecule has 1 heterocycles. The fraction of sp³-hybridized carbons (Fsp3) is 0.0625. The van der Waals surface area contributed by atoms with Gasteiger partial charge in [0, 0.05) is 5.39 Å². The summed E-state index contributed by atoms with van der Waals surface area (Å²) in [5.74, 6) is -0.262. The summed E-state index contributed by atoms with van der Waals surface area (Å²) in [6.45, 7) is -0.0331. The maximum absolute atomic E-state index is 10.2. The lowest BCUT2D eigenvalue weighted by atomic mass is 10.2. The minimum absolute atomic E-state index is 0.0331. The molecule has 4 heteroatoms. The van der Waals surface area contributed by atoms with Gasteiger partial charge in [0.1, 0.15) is 18.0 Å². The number of para-hydroxylation sites is 1. The van der Waals surface area contributed by atoms with E-state index in [4.69, 9.17) is 14.6 Å². The third kappa shape index (κ3) is 3.46. The molecule has 0 amide bonds. The second-order valence-electron chi connectivity index (χ2n) is 4.08. The molecule has 0 saturated carbocycles. The predicted molar refractivity (Wildman–Crippen MR) is 75.5 cm³/mol. The summed E-state index contributed by atoms with van der Waals surface area (Å²) < 4.78 is 5.27. The molecule has 1 aromatic heterocycles. The van der Waals surface area contributed by atoms with Crippen molar-refractivity contribution in [2.45, 2.75) is 6.61 Å². The highest BCUT2D eigenvalue weighted by atomic mass is 16.4. The number of rotatable bonds is 2. The van der Waals surface area contributed by atoms with Crippen LogP contribution < -0.4 is 0 Å². The summed E-state index contributed by atoms with van der Waals surface area (Å²) in [5.41, 5.74) is 1.16. The lowest BCUT2D eigenvalue weighted by Crippen LogP contribution is -1.93. The maximum atomic E-state index is 10.2. The van der Waals surface area contributed by atoms with E-state index < -0.39 is 5.97 Å². The number of aliphatic hydroxyl groups excluding tert-OH is 1. The average Bonchev–Trinajstić information content (AvgIpc) is 2.92. The minimum atomic E-state index is -0.879. The molecule has 0 fully saturated rings. The van der Waals surface area contributed by atoms with Gasteiger partial charge in [-0.25, -0.2) is 4.79 Å². The van der Waals surface area contributed by atoms with Crippen LogP contribution in [0, 0.1) is 0 Å². The molecule has 4 nitrogen and oxygen atoms in total. The molecule has 0 unspecified atom stereocenters. The van der Waals surface area contributed by atoms with Crippen LogP contribution in [0.5, 0.6) is 0 Å². The van der Waals surface area contributed by atoms with Crippen molar-refractivity contribution in [1.82, 2.24) is 0 Å². The first-order valence-electron chi connectivity index (χ1n) is 6.07. The van der Waals surface area contributed by atoms with E-state index in [0.717, 1.165) is 11.0 Å². The average molecular weight is 270 g/mol. The third-order valence-electron chi connectivity index (χ3n) is 2.65. The SMILES string of the molecule is O=C(O)c1ccccc1.OCc1cc2ccccc2o1. The van der Waals surface area contributed by atoms with Crippen LogP contribution in [-0.2, 0) is 6.61 Å². The second kappa shape index (κ2) is 6.54. The number of aliphatic hydroxyl groups is 1. The fourth-order valence-electron chi connectivity index (χ4n) is 1.70. The van der Waals surface area contributed by atoms with Crippen LogP contribution in [0.25, 0.3) is 11.0 Å². The first-order valence-corrected chi connectivity index (χ1v) is 6.07. The number of aromatic carboxylic acids is 1. The molecule has 2 aromatic carbocycles. The van der Waals surface area contributed by atoms with Crippen molar-refractivity contribution in [3.8, 4) is 0 Å². The van der Waals surface area contributed by atoms with Crippen molar-refractivity contribution in [1.29, 1.82) is 0 Å². The Labute approximate surface area is 115 Å². The summed E-state index contributed by atoms with van der Waals surface area (Å²) in [4.78, 5) is 10.2. The van der Waals surface area contributed by atoms with Crippen LogP contribution in [-0.4, -0.2) is 16.2 Å². The van der Waals surface area contributed by atoms with Crippen LogP contribution in [0.15, 0.2) is 65.1 Å². The summed E-state index contributed by atoms with van der Waals surface area (Å²) in [5, 5.41) is 18.2. The lowest BCUT2D eigenvalue weighted by molar-refractivity contribution is 0.0697. The van der Waals surface area contributed by atoms with Gasteiger partial charge in [-0.15, -0.1) is 0 Å². The van der Waals surface area contributed by atoms with E-state index in [-0.39, 0.29) is 6.61 Å². The number of furan rings is 1. The topological polar surface area (TPSA) is 70.7 Å². The van der Waals surface area contributed by atoms with E-state index in [1.807, 2.05) is 30.3 Å². The molecule has 0 bridgehead atoms. The molecule has 3 rings (SSSR count). The van der Waals surface area contributed by atoms with E-state index in [1.54, 1.807) is 30.3 Å². The Hall–Kier alpha value is -2.59. The molecule has 102 valence electrons. The molecule has 0 saturated heterocycles. The van der Waals surface area contributed by atoms with E-state index in [1.165, 1.54) is 0 Å². The van der Waals surface area contributed by atoms with Crippen LogP contribution in [0.1, 0.15) is 16.1 Å². The van der Waals surface area contributed by atoms with Crippen molar-refractivity contribution in [3.63, 3.8) is 0 Å². The summed E-state index contributed by atoms with van der Waals surface area (Å²) >= 11 is 0. The summed E-state index contributed by atoms with van der Waals surface area (Å²) in [7, 11) is 0. The Morgan fingerprint density at radius 2 is 1.65 bits per heavy atom. The van der Waals surface area contributed by atoms with Crippen molar-refractivity contribution >= 4 is 16.9 Å². The predicted octanol–water partition coefficient (Wildman–Crippen LogP) is 3.31. The Morgan fingerprint density at radius 3 is 2.20 bits per heavy atom. The molecule has 0 radical (unpaired) electrons. The molecule has 0 aliphatic carbocycles. The van der Waals surface area contributed by atoms with Crippen LogP contribution in [0.2, 0.25) is 0 Å². The highest BCUT2D eigenvalue weighted by Gasteiger charge is 1.99. The Balaban J connectivity index is 0.000000151. The standard InChI is InChI=1S/C9H8O2.C7H6O2/c10-6-8-5-7-3-1-2-4-9(7)11-8;8-7(9)6-4-2-1-3-5-6/h1-5,10H,6H2;1-5H,(H,8,9). The third-order valence-corrected chi connectivity index (χ3v) is 2.65. The van der Waals surface area contributed by atoms with E-state index in [0.29, 0.717) is 11.3 Å². The van der Waals surface area contributed by atoms with E-state index >= 15 is 0 Å². The molecular weight excluding hydrogens is 256 g/mol. The zero-order valence-corrected chi connectivity index (χ0v) is 10.7. The Morgan fingerprint density at radius 1 is 1.00 bits per heavy atom. The van der Waals surface area contributed by atoms with Gasteiger partial charge in [-0.3, -0.25) is 0 Å². The van der Waals surface area contributed by atoms with Gasteiger partial charge in [0.15, 0.2) is 0 Å². The fourth-order valence-corrected chi connectivity index (χ4v) is 1.70. The molecule has 0 aliphatic rings. The number of fused-ring (bicyclic) bond motifs is 1. The number of carboxylic acid groups (broad SMARTS) is 1. The first kappa shape index (κ1) is 13.8. The van der Waals surface area contributed by atoms with Gasteiger partial charge < -0.3 is 14.6 Å². The second-order valence-corrected chi connectivity index (χ2v) is 4.08. The number of carboxylic acids is 1. The summed E-state index contributed by atoms with van der Waals surface area (Å²) in [6.07, 6.45) is 0. The highest BCUT2D eigenvalue weighted by molar-refractivity contribution is 5.87. The minimum Gasteiger partial charge on any atom is -0.478 e. The van der Waals surface area contributed by atoms with Crippen molar-refractivity contribution in [2.24, 2.45) is 0 Å². The molecule has 3 aromatic rings. The van der Waals surface area contributed by atoms with E-state index in [2.05, 4.69) is 0 Å².